The number of benzene rings is 1. The monoisotopic (exact) mass is 269 g/mol. The molecule has 0 aliphatic heterocycles. The maximum Gasteiger partial charge on any atom is 0.422 e. The van der Waals surface area contributed by atoms with Crippen molar-refractivity contribution in [2.24, 2.45) is 5.73 Å². The Kier molecular flexibility index (Phi) is 4.06. The van der Waals surface area contributed by atoms with Gasteiger partial charge in [-0.25, -0.2) is 4.79 Å². The summed E-state index contributed by atoms with van der Waals surface area (Å²) in [6.45, 7) is -1.46. The van der Waals surface area contributed by atoms with Crippen molar-refractivity contribution in [1.29, 1.82) is 0 Å². The van der Waals surface area contributed by atoms with Crippen LogP contribution in [-0.2, 0) is 0 Å². The molecule has 17 heavy (non-hydrogen) atoms. The normalized spacial score (nSPS) is 11.1. The number of ether oxygens (including phenoxy) is 2. The Morgan fingerprint density at radius 2 is 2.06 bits per heavy atom. The van der Waals surface area contributed by atoms with Crippen molar-refractivity contribution in [3.8, 4) is 11.5 Å². The molecule has 2 N–H and O–H groups in total. The zero-order valence-corrected chi connectivity index (χ0v) is 9.01. The van der Waals surface area contributed by atoms with Crippen molar-refractivity contribution in [2.45, 2.75) is 6.18 Å². The highest BCUT2D eigenvalue weighted by molar-refractivity contribution is 6.32. The fraction of sp³-hybridized carbons (Fsp3) is 0.222. The summed E-state index contributed by atoms with van der Waals surface area (Å²) in [7, 11) is 0. The molecule has 8 heteroatoms. The summed E-state index contributed by atoms with van der Waals surface area (Å²) in [4.78, 5) is 10.4. The highest BCUT2D eigenvalue weighted by Gasteiger charge is 2.28. The Balaban J connectivity index is 2.73. The average molecular weight is 270 g/mol. The van der Waals surface area contributed by atoms with Gasteiger partial charge in [-0.3, -0.25) is 0 Å². The zero-order chi connectivity index (χ0) is 13.1. The van der Waals surface area contributed by atoms with E-state index in [1.807, 2.05) is 0 Å². The van der Waals surface area contributed by atoms with E-state index in [1.165, 1.54) is 6.07 Å². The fourth-order valence-corrected chi connectivity index (χ4v) is 1.16. The number of carbonyl (C=O) groups excluding carboxylic acids is 1. The number of halogens is 4. The molecule has 0 fully saturated rings. The van der Waals surface area contributed by atoms with Gasteiger partial charge in [0.05, 0.1) is 5.02 Å². The fourth-order valence-electron chi connectivity index (χ4n) is 0.938. The second-order valence-electron chi connectivity index (χ2n) is 2.92. The summed E-state index contributed by atoms with van der Waals surface area (Å²) in [5.74, 6) is -0.150. The van der Waals surface area contributed by atoms with Gasteiger partial charge in [0.25, 0.3) is 0 Å². The number of rotatable bonds is 3. The van der Waals surface area contributed by atoms with Gasteiger partial charge in [0.15, 0.2) is 6.61 Å². The molecule has 0 atom stereocenters. The summed E-state index contributed by atoms with van der Waals surface area (Å²) in [6, 6.07) is 3.48. The molecular formula is C9H7ClF3NO3. The lowest BCUT2D eigenvalue weighted by atomic mass is 10.3. The lowest BCUT2D eigenvalue weighted by Crippen LogP contribution is -2.19. The quantitative estimate of drug-likeness (QED) is 0.918. The van der Waals surface area contributed by atoms with Crippen LogP contribution in [0.5, 0.6) is 11.5 Å². The molecule has 0 spiro atoms. The van der Waals surface area contributed by atoms with Gasteiger partial charge in [-0.1, -0.05) is 11.6 Å². The Morgan fingerprint density at radius 3 is 2.53 bits per heavy atom. The van der Waals surface area contributed by atoms with E-state index in [0.717, 1.165) is 12.1 Å². The van der Waals surface area contributed by atoms with Crippen LogP contribution in [0.3, 0.4) is 0 Å². The van der Waals surface area contributed by atoms with Crippen LogP contribution < -0.4 is 15.2 Å². The smallest absolute Gasteiger partial charge is 0.422 e. The van der Waals surface area contributed by atoms with E-state index >= 15 is 0 Å². The predicted octanol–water partition coefficient (Wildman–Crippen LogP) is 2.74. The molecule has 1 amide bonds. The van der Waals surface area contributed by atoms with Crippen LogP contribution >= 0.6 is 11.6 Å². The van der Waals surface area contributed by atoms with Gasteiger partial charge in [0, 0.05) is 6.07 Å². The molecule has 0 bridgehead atoms. The highest BCUT2D eigenvalue weighted by atomic mass is 35.5. The molecule has 0 aliphatic carbocycles. The van der Waals surface area contributed by atoms with E-state index in [0.29, 0.717) is 0 Å². The van der Waals surface area contributed by atoms with Crippen molar-refractivity contribution in [3.63, 3.8) is 0 Å². The molecule has 0 unspecified atom stereocenters. The van der Waals surface area contributed by atoms with Crippen LogP contribution in [0, 0.1) is 0 Å². The molecule has 0 aromatic heterocycles. The van der Waals surface area contributed by atoms with Crippen molar-refractivity contribution < 1.29 is 27.4 Å². The van der Waals surface area contributed by atoms with E-state index in [2.05, 4.69) is 9.47 Å². The van der Waals surface area contributed by atoms with Crippen LogP contribution in [0.4, 0.5) is 18.0 Å². The number of alkyl halides is 3. The zero-order valence-electron chi connectivity index (χ0n) is 8.25. The molecule has 0 saturated heterocycles. The summed E-state index contributed by atoms with van der Waals surface area (Å²) in [5, 5.41) is -0.118. The lowest BCUT2D eigenvalue weighted by molar-refractivity contribution is -0.153. The lowest BCUT2D eigenvalue weighted by Gasteiger charge is -2.11. The van der Waals surface area contributed by atoms with Crippen LogP contribution in [-0.4, -0.2) is 18.9 Å². The molecule has 4 nitrogen and oxygen atoms in total. The molecule has 0 radical (unpaired) electrons. The van der Waals surface area contributed by atoms with Gasteiger partial charge in [-0.2, -0.15) is 13.2 Å². The maximum absolute atomic E-state index is 11.9. The largest absolute Gasteiger partial charge is 0.483 e. The summed E-state index contributed by atoms with van der Waals surface area (Å²) in [6.07, 6.45) is -5.50. The van der Waals surface area contributed by atoms with Gasteiger partial charge in [0.1, 0.15) is 11.5 Å². The van der Waals surface area contributed by atoms with Crippen molar-refractivity contribution in [2.75, 3.05) is 6.61 Å². The first-order chi connectivity index (χ1) is 7.78. The average Bonchev–Trinajstić information content (AvgIpc) is 2.13. The molecule has 1 rings (SSSR count). The molecule has 0 aliphatic rings. The van der Waals surface area contributed by atoms with E-state index in [1.54, 1.807) is 0 Å². The van der Waals surface area contributed by atoms with Crippen molar-refractivity contribution >= 4 is 17.7 Å². The molecule has 94 valence electrons. The number of hydrogen-bond donors (Lipinski definition) is 1. The summed E-state index contributed by atoms with van der Waals surface area (Å²) in [5.41, 5.74) is 4.74. The molecule has 0 heterocycles. The Labute approximate surface area is 99.1 Å². The van der Waals surface area contributed by atoms with Gasteiger partial charge >= 0.3 is 12.3 Å². The van der Waals surface area contributed by atoms with Gasteiger partial charge in [-0.15, -0.1) is 0 Å². The number of amides is 1. The minimum atomic E-state index is -4.45. The van der Waals surface area contributed by atoms with Crippen LogP contribution in [0.15, 0.2) is 18.2 Å². The second-order valence-corrected chi connectivity index (χ2v) is 3.32. The molecule has 1 aromatic carbocycles. The first kappa shape index (κ1) is 13.4. The van der Waals surface area contributed by atoms with E-state index in [4.69, 9.17) is 17.3 Å². The van der Waals surface area contributed by atoms with Crippen LogP contribution in [0.25, 0.3) is 0 Å². The third-order valence-electron chi connectivity index (χ3n) is 1.51. The molecule has 0 saturated carbocycles. The minimum absolute atomic E-state index is 0.0156. The van der Waals surface area contributed by atoms with Gasteiger partial charge in [0.2, 0.25) is 0 Å². The van der Waals surface area contributed by atoms with Gasteiger partial charge in [-0.05, 0) is 12.1 Å². The van der Waals surface area contributed by atoms with E-state index in [9.17, 15) is 18.0 Å². The van der Waals surface area contributed by atoms with E-state index in [-0.39, 0.29) is 16.5 Å². The predicted molar refractivity (Wildman–Crippen MR) is 53.2 cm³/mol. The Morgan fingerprint density at radius 1 is 1.41 bits per heavy atom. The third-order valence-corrected chi connectivity index (χ3v) is 1.81. The number of carbonyl (C=O) groups is 1. The van der Waals surface area contributed by atoms with E-state index < -0.39 is 18.9 Å². The standard InChI is InChI=1S/C9H7ClF3NO3/c10-6-3-5(17-8(14)15)1-2-7(6)16-4-9(11,12)13/h1-3H,4H2,(H2,14,15). The Bertz CT molecular complexity index is 422. The third kappa shape index (κ3) is 4.81. The number of nitrogens with two attached hydrogens (primary N) is 1. The highest BCUT2D eigenvalue weighted by Crippen LogP contribution is 2.30. The second kappa shape index (κ2) is 5.13. The van der Waals surface area contributed by atoms with Crippen LogP contribution in [0.2, 0.25) is 5.02 Å². The summed E-state index contributed by atoms with van der Waals surface area (Å²) >= 11 is 5.62. The number of hydrogen-bond acceptors (Lipinski definition) is 3. The topological polar surface area (TPSA) is 61.6 Å². The first-order valence-electron chi connectivity index (χ1n) is 4.24. The first-order valence-corrected chi connectivity index (χ1v) is 4.62. The SMILES string of the molecule is NC(=O)Oc1ccc(OCC(F)(F)F)c(Cl)c1. The van der Waals surface area contributed by atoms with Crippen molar-refractivity contribution in [1.82, 2.24) is 0 Å². The maximum atomic E-state index is 11.9. The minimum Gasteiger partial charge on any atom is -0.483 e. The van der Waals surface area contributed by atoms with Crippen LogP contribution in [0.1, 0.15) is 0 Å². The summed E-state index contributed by atoms with van der Waals surface area (Å²) < 4.78 is 44.5. The molecular weight excluding hydrogens is 263 g/mol. The van der Waals surface area contributed by atoms with Crippen molar-refractivity contribution in [3.05, 3.63) is 23.2 Å². The molecule has 1 aromatic rings. The van der Waals surface area contributed by atoms with Gasteiger partial charge < -0.3 is 15.2 Å². The Hall–Kier alpha value is -1.63. The number of primary amides is 1.